The lowest BCUT2D eigenvalue weighted by atomic mass is 9.87. The number of nitrogens with one attached hydrogen (secondary N) is 2. The van der Waals surface area contributed by atoms with E-state index in [4.69, 9.17) is 4.99 Å². The first kappa shape index (κ1) is 15.6. The third-order valence-electron chi connectivity index (χ3n) is 4.80. The third-order valence-corrected chi connectivity index (χ3v) is 4.80. The number of nitrogens with zero attached hydrogens (tertiary/aromatic N) is 1. The molecule has 0 radical (unpaired) electrons. The molecule has 2 aliphatic rings. The van der Waals surface area contributed by atoms with E-state index < -0.39 is 0 Å². The molecule has 0 aromatic rings. The molecule has 0 heterocycles. The zero-order valence-electron chi connectivity index (χ0n) is 13.1. The van der Waals surface area contributed by atoms with Crippen molar-refractivity contribution < 1.29 is 5.11 Å². The van der Waals surface area contributed by atoms with Crippen LogP contribution in [-0.4, -0.2) is 36.3 Å². The van der Waals surface area contributed by atoms with Gasteiger partial charge in [0.05, 0.1) is 6.10 Å². The van der Waals surface area contributed by atoms with Gasteiger partial charge in [-0.05, 0) is 51.4 Å². The van der Waals surface area contributed by atoms with Gasteiger partial charge in [-0.1, -0.05) is 13.3 Å². The van der Waals surface area contributed by atoms with E-state index in [1.54, 1.807) is 0 Å². The third kappa shape index (κ3) is 4.65. The molecule has 2 unspecified atom stereocenters. The first-order chi connectivity index (χ1) is 9.69. The summed E-state index contributed by atoms with van der Waals surface area (Å²) in [7, 11) is 0. The molecule has 4 nitrogen and oxygen atoms in total. The molecule has 2 rings (SSSR count). The Bertz CT molecular complexity index is 311. The highest BCUT2D eigenvalue weighted by molar-refractivity contribution is 5.80. The molecule has 0 saturated heterocycles. The van der Waals surface area contributed by atoms with Crippen LogP contribution in [0.25, 0.3) is 0 Å². The van der Waals surface area contributed by atoms with Crippen molar-refractivity contribution in [1.29, 1.82) is 0 Å². The molecule has 3 N–H and O–H groups in total. The van der Waals surface area contributed by atoms with Gasteiger partial charge in [-0.3, -0.25) is 4.99 Å². The molecule has 0 spiro atoms. The van der Waals surface area contributed by atoms with E-state index in [-0.39, 0.29) is 6.10 Å². The SMILES string of the molecule is CCNC(=NCC1CCCC1O)NC1CCC(C)CC1. The summed E-state index contributed by atoms with van der Waals surface area (Å²) in [4.78, 5) is 4.69. The second-order valence-electron chi connectivity index (χ2n) is 6.58. The lowest BCUT2D eigenvalue weighted by Crippen LogP contribution is -2.45. The Morgan fingerprint density at radius 2 is 1.90 bits per heavy atom. The molecular weight excluding hydrogens is 250 g/mol. The summed E-state index contributed by atoms with van der Waals surface area (Å²) in [5.74, 6) is 2.17. The maximum absolute atomic E-state index is 9.87. The molecule has 116 valence electrons. The monoisotopic (exact) mass is 281 g/mol. The maximum Gasteiger partial charge on any atom is 0.191 e. The largest absolute Gasteiger partial charge is 0.393 e. The van der Waals surface area contributed by atoms with Crippen molar-refractivity contribution in [2.45, 2.75) is 70.9 Å². The van der Waals surface area contributed by atoms with E-state index in [0.29, 0.717) is 12.0 Å². The van der Waals surface area contributed by atoms with Gasteiger partial charge in [0.15, 0.2) is 5.96 Å². The second-order valence-corrected chi connectivity index (χ2v) is 6.58. The standard InChI is InChI=1S/C16H31N3O/c1-3-17-16(18-11-13-5-4-6-15(13)20)19-14-9-7-12(2)8-10-14/h12-15,20H,3-11H2,1-2H3,(H2,17,18,19). The minimum absolute atomic E-state index is 0.142. The fourth-order valence-corrected chi connectivity index (χ4v) is 3.36. The van der Waals surface area contributed by atoms with Crippen LogP contribution in [0.3, 0.4) is 0 Å². The average molecular weight is 281 g/mol. The highest BCUT2D eigenvalue weighted by atomic mass is 16.3. The van der Waals surface area contributed by atoms with Gasteiger partial charge in [0.2, 0.25) is 0 Å². The van der Waals surface area contributed by atoms with Crippen LogP contribution in [-0.2, 0) is 0 Å². The first-order valence-electron chi connectivity index (χ1n) is 8.42. The molecule has 0 aromatic carbocycles. The van der Waals surface area contributed by atoms with E-state index in [1.807, 2.05) is 0 Å². The molecule has 2 aliphatic carbocycles. The topological polar surface area (TPSA) is 56.7 Å². The van der Waals surface area contributed by atoms with Crippen LogP contribution in [0.2, 0.25) is 0 Å². The smallest absolute Gasteiger partial charge is 0.191 e. The van der Waals surface area contributed by atoms with E-state index in [9.17, 15) is 5.11 Å². The Morgan fingerprint density at radius 1 is 1.15 bits per heavy atom. The fraction of sp³-hybridized carbons (Fsp3) is 0.938. The number of guanidine groups is 1. The highest BCUT2D eigenvalue weighted by Gasteiger charge is 2.25. The fourth-order valence-electron chi connectivity index (χ4n) is 3.36. The summed E-state index contributed by atoms with van der Waals surface area (Å²) in [5, 5.41) is 16.8. The number of rotatable bonds is 4. The molecule has 0 amide bonds. The quantitative estimate of drug-likeness (QED) is 0.547. The average Bonchev–Trinajstić information content (AvgIpc) is 2.84. The van der Waals surface area contributed by atoms with Crippen molar-refractivity contribution in [2.75, 3.05) is 13.1 Å². The van der Waals surface area contributed by atoms with Crippen molar-refractivity contribution >= 4 is 5.96 Å². The first-order valence-corrected chi connectivity index (χ1v) is 8.42. The van der Waals surface area contributed by atoms with Gasteiger partial charge in [0.25, 0.3) is 0 Å². The zero-order chi connectivity index (χ0) is 14.4. The molecule has 0 aromatic heterocycles. The normalized spacial score (nSPS) is 35.0. The summed E-state index contributed by atoms with van der Waals surface area (Å²) in [6.45, 7) is 6.09. The summed E-state index contributed by atoms with van der Waals surface area (Å²) in [6, 6.07) is 0.567. The van der Waals surface area contributed by atoms with Gasteiger partial charge < -0.3 is 15.7 Å². The van der Waals surface area contributed by atoms with Gasteiger partial charge in [0.1, 0.15) is 0 Å². The number of aliphatic hydroxyl groups is 1. The van der Waals surface area contributed by atoms with Crippen LogP contribution in [0.4, 0.5) is 0 Å². The van der Waals surface area contributed by atoms with E-state index in [1.165, 1.54) is 25.7 Å². The summed E-state index contributed by atoms with van der Waals surface area (Å²) >= 11 is 0. The van der Waals surface area contributed by atoms with Crippen molar-refractivity contribution in [3.8, 4) is 0 Å². The van der Waals surface area contributed by atoms with Gasteiger partial charge in [0, 0.05) is 25.0 Å². The summed E-state index contributed by atoms with van der Waals surface area (Å²) in [6.07, 6.45) is 8.20. The van der Waals surface area contributed by atoms with E-state index >= 15 is 0 Å². The predicted octanol–water partition coefficient (Wildman–Crippen LogP) is 2.28. The lowest BCUT2D eigenvalue weighted by Gasteiger charge is -2.28. The summed E-state index contributed by atoms with van der Waals surface area (Å²) < 4.78 is 0. The van der Waals surface area contributed by atoms with Crippen molar-refractivity contribution in [3.63, 3.8) is 0 Å². The molecule has 0 aliphatic heterocycles. The van der Waals surface area contributed by atoms with Crippen LogP contribution in [0.15, 0.2) is 4.99 Å². The van der Waals surface area contributed by atoms with Gasteiger partial charge in [-0.15, -0.1) is 0 Å². The van der Waals surface area contributed by atoms with E-state index in [0.717, 1.165) is 44.2 Å². The number of hydrogen-bond acceptors (Lipinski definition) is 2. The van der Waals surface area contributed by atoms with Gasteiger partial charge in [-0.25, -0.2) is 0 Å². The highest BCUT2D eigenvalue weighted by Crippen LogP contribution is 2.26. The predicted molar refractivity (Wildman–Crippen MR) is 83.9 cm³/mol. The van der Waals surface area contributed by atoms with E-state index in [2.05, 4.69) is 24.5 Å². The van der Waals surface area contributed by atoms with Crippen molar-refractivity contribution in [2.24, 2.45) is 16.8 Å². The van der Waals surface area contributed by atoms with Crippen LogP contribution in [0.1, 0.15) is 58.8 Å². The number of aliphatic imine (C=N–C) groups is 1. The molecule has 2 atom stereocenters. The number of hydrogen-bond donors (Lipinski definition) is 3. The molecule has 0 bridgehead atoms. The molecule has 2 fully saturated rings. The van der Waals surface area contributed by atoms with Gasteiger partial charge in [-0.2, -0.15) is 0 Å². The van der Waals surface area contributed by atoms with Crippen molar-refractivity contribution in [1.82, 2.24) is 10.6 Å². The van der Waals surface area contributed by atoms with Crippen LogP contribution in [0.5, 0.6) is 0 Å². The Kier molecular flexibility index (Phi) is 6.14. The molecule has 4 heteroatoms. The Morgan fingerprint density at radius 3 is 2.50 bits per heavy atom. The second kappa shape index (κ2) is 7.87. The Labute approximate surface area is 123 Å². The summed E-state index contributed by atoms with van der Waals surface area (Å²) in [5.41, 5.74) is 0. The van der Waals surface area contributed by atoms with Gasteiger partial charge >= 0.3 is 0 Å². The zero-order valence-corrected chi connectivity index (χ0v) is 13.1. The van der Waals surface area contributed by atoms with Crippen molar-refractivity contribution in [3.05, 3.63) is 0 Å². The Hall–Kier alpha value is -0.770. The molecule has 2 saturated carbocycles. The molecular formula is C16H31N3O. The maximum atomic E-state index is 9.87. The minimum Gasteiger partial charge on any atom is -0.393 e. The number of aliphatic hydroxyl groups excluding tert-OH is 1. The minimum atomic E-state index is -0.142. The van der Waals surface area contributed by atoms with Crippen LogP contribution in [0, 0.1) is 11.8 Å². The van der Waals surface area contributed by atoms with Crippen LogP contribution >= 0.6 is 0 Å². The Balaban J connectivity index is 1.82. The molecule has 20 heavy (non-hydrogen) atoms. The van der Waals surface area contributed by atoms with Crippen LogP contribution < -0.4 is 10.6 Å². The lowest BCUT2D eigenvalue weighted by molar-refractivity contribution is 0.136.